The maximum absolute atomic E-state index is 14.0. The molecule has 5 nitrogen and oxygen atoms in total. The molecule has 0 saturated carbocycles. The molecule has 0 amide bonds. The fraction of sp³-hybridized carbons (Fsp3) is 0.129. The Morgan fingerprint density at radius 1 is 0.816 bits per heavy atom. The summed E-state index contributed by atoms with van der Waals surface area (Å²) in [6, 6.07) is 31.5. The molecule has 0 spiro atoms. The van der Waals surface area contributed by atoms with Crippen LogP contribution in [0.15, 0.2) is 117 Å². The number of sulfone groups is 1. The minimum atomic E-state index is -3.35. The van der Waals surface area contributed by atoms with Crippen LogP contribution >= 0.6 is 15.9 Å². The largest absolute Gasteiger partial charge is 0.387 e. The van der Waals surface area contributed by atoms with Gasteiger partial charge in [-0.05, 0) is 52.4 Å². The summed E-state index contributed by atoms with van der Waals surface area (Å²) in [5.41, 5.74) is 3.67. The van der Waals surface area contributed by atoms with Gasteiger partial charge in [-0.25, -0.2) is 8.42 Å². The number of hydrogen-bond donors (Lipinski definition) is 1. The second-order valence-electron chi connectivity index (χ2n) is 9.33. The Bertz CT molecular complexity index is 1770. The van der Waals surface area contributed by atoms with E-state index >= 15 is 0 Å². The van der Waals surface area contributed by atoms with Crippen molar-refractivity contribution in [1.82, 2.24) is 4.57 Å². The lowest BCUT2D eigenvalue weighted by atomic mass is 9.92. The molecule has 0 fully saturated rings. The molecule has 0 aliphatic heterocycles. The summed E-state index contributed by atoms with van der Waals surface area (Å²) in [5.74, 6) is 0. The van der Waals surface area contributed by atoms with E-state index in [4.69, 9.17) is 0 Å². The Kier molecular flexibility index (Phi) is 7.34. The molecule has 1 aromatic heterocycles. The second-order valence-corrected chi connectivity index (χ2v) is 12.3. The SMILES string of the molecule is CS(=O)(=O)c1ccc(Cn2c(C(O)Cc3ccccc3)c(-c3ccccc3)c3cc(Br)ccc3c2=O)cc1. The monoisotopic (exact) mass is 587 g/mol. The van der Waals surface area contributed by atoms with Crippen LogP contribution in [-0.4, -0.2) is 24.3 Å². The Balaban J connectivity index is 1.77. The minimum absolute atomic E-state index is 0.176. The van der Waals surface area contributed by atoms with Gasteiger partial charge >= 0.3 is 0 Å². The zero-order valence-electron chi connectivity index (χ0n) is 20.7. The molecule has 4 aromatic carbocycles. The first-order valence-electron chi connectivity index (χ1n) is 12.1. The van der Waals surface area contributed by atoms with Crippen molar-refractivity contribution in [2.24, 2.45) is 0 Å². The van der Waals surface area contributed by atoms with E-state index in [0.717, 1.165) is 38.4 Å². The van der Waals surface area contributed by atoms with Gasteiger partial charge in [0.05, 0.1) is 23.2 Å². The lowest BCUT2D eigenvalue weighted by molar-refractivity contribution is 0.169. The normalized spacial score (nSPS) is 12.5. The van der Waals surface area contributed by atoms with Crippen molar-refractivity contribution in [2.45, 2.75) is 24.0 Å². The highest BCUT2D eigenvalue weighted by Crippen LogP contribution is 2.36. The smallest absolute Gasteiger partial charge is 0.259 e. The van der Waals surface area contributed by atoms with Gasteiger partial charge in [0, 0.05) is 28.1 Å². The molecule has 1 N–H and O–H groups in total. The summed E-state index contributed by atoms with van der Waals surface area (Å²) in [6.07, 6.45) is 0.518. The molecule has 0 radical (unpaired) electrons. The number of halogens is 1. The fourth-order valence-corrected chi connectivity index (χ4v) is 5.80. The minimum Gasteiger partial charge on any atom is -0.387 e. The van der Waals surface area contributed by atoms with E-state index in [2.05, 4.69) is 15.9 Å². The van der Waals surface area contributed by atoms with Crippen LogP contribution in [0.4, 0.5) is 0 Å². The number of benzene rings is 4. The van der Waals surface area contributed by atoms with E-state index in [1.54, 1.807) is 34.9 Å². The maximum Gasteiger partial charge on any atom is 0.259 e. The van der Waals surface area contributed by atoms with Crippen molar-refractivity contribution < 1.29 is 13.5 Å². The highest BCUT2D eigenvalue weighted by atomic mass is 79.9. The molecular formula is C31H26BrNO4S. The number of nitrogens with zero attached hydrogens (tertiary/aromatic N) is 1. The molecule has 5 rings (SSSR count). The second kappa shape index (κ2) is 10.7. The molecular weight excluding hydrogens is 562 g/mol. The van der Waals surface area contributed by atoms with Crippen LogP contribution in [0.2, 0.25) is 0 Å². The molecule has 1 atom stereocenters. The van der Waals surface area contributed by atoms with Crippen LogP contribution in [0.1, 0.15) is 22.9 Å². The van der Waals surface area contributed by atoms with E-state index in [1.807, 2.05) is 72.8 Å². The molecule has 0 aliphatic carbocycles. The van der Waals surface area contributed by atoms with E-state index < -0.39 is 15.9 Å². The van der Waals surface area contributed by atoms with Crippen LogP contribution in [0.25, 0.3) is 21.9 Å². The van der Waals surface area contributed by atoms with Gasteiger partial charge in [-0.3, -0.25) is 4.79 Å². The molecule has 7 heteroatoms. The Labute approximate surface area is 230 Å². The number of rotatable bonds is 7. The van der Waals surface area contributed by atoms with Crippen LogP contribution in [0, 0.1) is 0 Å². The van der Waals surface area contributed by atoms with Crippen molar-refractivity contribution in [3.63, 3.8) is 0 Å². The predicted molar refractivity (Wildman–Crippen MR) is 155 cm³/mol. The van der Waals surface area contributed by atoms with Crippen molar-refractivity contribution in [3.05, 3.63) is 135 Å². The molecule has 0 saturated heterocycles. The third kappa shape index (κ3) is 5.36. The highest BCUT2D eigenvalue weighted by molar-refractivity contribution is 9.10. The van der Waals surface area contributed by atoms with E-state index in [-0.39, 0.29) is 17.0 Å². The van der Waals surface area contributed by atoms with Gasteiger partial charge in [-0.1, -0.05) is 88.7 Å². The third-order valence-corrected chi connectivity index (χ3v) is 8.24. The lowest BCUT2D eigenvalue weighted by Crippen LogP contribution is -2.28. The van der Waals surface area contributed by atoms with Gasteiger partial charge in [0.1, 0.15) is 0 Å². The first kappa shape index (κ1) is 26.1. The summed E-state index contributed by atoms with van der Waals surface area (Å²) in [7, 11) is -3.35. The molecule has 38 heavy (non-hydrogen) atoms. The number of pyridine rings is 1. The standard InChI is InChI=1S/C31H26BrNO4S/c1-38(36,37)25-15-12-22(13-16-25)20-33-30(28(34)18-21-8-4-2-5-9-21)29(23-10-6-3-7-11-23)27-19-24(32)14-17-26(27)31(33)35/h2-17,19,28,34H,18,20H2,1H3. The van der Waals surface area contributed by atoms with Crippen molar-refractivity contribution in [3.8, 4) is 11.1 Å². The Hall–Kier alpha value is -3.52. The maximum atomic E-state index is 14.0. The first-order chi connectivity index (χ1) is 18.2. The summed E-state index contributed by atoms with van der Waals surface area (Å²) in [6.45, 7) is 0.176. The summed E-state index contributed by atoms with van der Waals surface area (Å²) < 4.78 is 26.4. The number of fused-ring (bicyclic) bond motifs is 1. The van der Waals surface area contributed by atoms with Gasteiger partial charge < -0.3 is 9.67 Å². The van der Waals surface area contributed by atoms with Crippen molar-refractivity contribution in [1.29, 1.82) is 0 Å². The summed E-state index contributed by atoms with van der Waals surface area (Å²) in [4.78, 5) is 14.2. The Morgan fingerprint density at radius 3 is 2.08 bits per heavy atom. The number of aliphatic hydroxyl groups excluding tert-OH is 1. The lowest BCUT2D eigenvalue weighted by Gasteiger charge is -2.24. The van der Waals surface area contributed by atoms with Crippen LogP contribution < -0.4 is 5.56 Å². The summed E-state index contributed by atoms with van der Waals surface area (Å²) >= 11 is 3.55. The zero-order valence-corrected chi connectivity index (χ0v) is 23.1. The molecule has 1 heterocycles. The van der Waals surface area contributed by atoms with E-state index in [9.17, 15) is 18.3 Å². The van der Waals surface area contributed by atoms with E-state index in [0.29, 0.717) is 17.5 Å². The average molecular weight is 589 g/mol. The number of aromatic nitrogens is 1. The molecule has 192 valence electrons. The van der Waals surface area contributed by atoms with Gasteiger partial charge in [-0.2, -0.15) is 0 Å². The van der Waals surface area contributed by atoms with Gasteiger partial charge in [-0.15, -0.1) is 0 Å². The third-order valence-electron chi connectivity index (χ3n) is 6.62. The molecule has 1 unspecified atom stereocenters. The average Bonchev–Trinajstić information content (AvgIpc) is 2.90. The quantitative estimate of drug-likeness (QED) is 0.247. The Morgan fingerprint density at radius 2 is 1.45 bits per heavy atom. The zero-order chi connectivity index (χ0) is 26.9. The molecule has 0 bridgehead atoms. The van der Waals surface area contributed by atoms with Crippen molar-refractivity contribution >= 4 is 36.5 Å². The predicted octanol–water partition coefficient (Wildman–Crippen LogP) is 6.16. The van der Waals surface area contributed by atoms with Crippen LogP contribution in [-0.2, 0) is 22.8 Å². The molecule has 5 aromatic rings. The first-order valence-corrected chi connectivity index (χ1v) is 14.8. The van der Waals surface area contributed by atoms with Crippen LogP contribution in [0.3, 0.4) is 0 Å². The van der Waals surface area contributed by atoms with Gasteiger partial charge in [0.2, 0.25) is 0 Å². The van der Waals surface area contributed by atoms with Gasteiger partial charge in [0.25, 0.3) is 5.56 Å². The van der Waals surface area contributed by atoms with E-state index in [1.165, 1.54) is 0 Å². The van der Waals surface area contributed by atoms with Crippen molar-refractivity contribution in [2.75, 3.05) is 6.26 Å². The number of aliphatic hydroxyl groups is 1. The number of hydrogen-bond acceptors (Lipinski definition) is 4. The topological polar surface area (TPSA) is 76.4 Å². The van der Waals surface area contributed by atoms with Gasteiger partial charge in [0.15, 0.2) is 9.84 Å². The molecule has 0 aliphatic rings. The fourth-order valence-electron chi connectivity index (χ4n) is 4.81. The summed E-state index contributed by atoms with van der Waals surface area (Å²) in [5, 5.41) is 13.0. The van der Waals surface area contributed by atoms with Crippen LogP contribution in [0.5, 0.6) is 0 Å². The highest BCUT2D eigenvalue weighted by Gasteiger charge is 2.24.